The molecule has 34 heavy (non-hydrogen) atoms. The van der Waals surface area contributed by atoms with Crippen LogP contribution < -0.4 is 10.6 Å². The normalized spacial score (nSPS) is 13.4. The molecule has 2 aromatic carbocycles. The van der Waals surface area contributed by atoms with Crippen molar-refractivity contribution >= 4 is 29.2 Å². The number of carbonyl (C=O) groups is 1. The zero-order chi connectivity index (χ0) is 25.1. The van der Waals surface area contributed by atoms with Crippen molar-refractivity contribution in [2.24, 2.45) is 0 Å². The number of halogens is 6. The summed E-state index contributed by atoms with van der Waals surface area (Å²) >= 11 is 12.1. The van der Waals surface area contributed by atoms with Crippen LogP contribution in [0.5, 0.6) is 0 Å². The van der Waals surface area contributed by atoms with Crippen molar-refractivity contribution in [1.82, 2.24) is 15.6 Å². The van der Waals surface area contributed by atoms with E-state index in [1.807, 2.05) is 0 Å². The molecule has 10 heteroatoms. The number of urea groups is 1. The third-order valence-electron chi connectivity index (χ3n) is 4.99. The van der Waals surface area contributed by atoms with Gasteiger partial charge in [-0.1, -0.05) is 35.3 Å². The van der Waals surface area contributed by atoms with Gasteiger partial charge in [-0.3, -0.25) is 4.98 Å². The lowest BCUT2D eigenvalue weighted by Gasteiger charge is -2.36. The first-order valence-corrected chi connectivity index (χ1v) is 11.0. The molecular formula is C24H21Cl2F4N3O. The summed E-state index contributed by atoms with van der Waals surface area (Å²) in [6, 6.07) is 10.8. The Labute approximate surface area is 204 Å². The summed E-state index contributed by atoms with van der Waals surface area (Å²) in [6.07, 6.45) is -3.59. The Morgan fingerprint density at radius 2 is 1.71 bits per heavy atom. The minimum atomic E-state index is -4.81. The van der Waals surface area contributed by atoms with Gasteiger partial charge in [0.05, 0.1) is 16.3 Å². The molecule has 1 heterocycles. The number of carbonyl (C=O) groups excluding carboxylic acids is 1. The fourth-order valence-corrected chi connectivity index (χ4v) is 3.92. The van der Waals surface area contributed by atoms with Gasteiger partial charge < -0.3 is 10.6 Å². The van der Waals surface area contributed by atoms with E-state index in [0.29, 0.717) is 16.7 Å². The molecule has 1 aromatic heterocycles. The van der Waals surface area contributed by atoms with E-state index in [4.69, 9.17) is 23.2 Å². The van der Waals surface area contributed by atoms with E-state index in [1.54, 1.807) is 38.1 Å². The molecule has 0 aliphatic heterocycles. The second kappa shape index (κ2) is 10.2. The molecule has 3 rings (SSSR count). The summed E-state index contributed by atoms with van der Waals surface area (Å²) in [5.41, 5.74) is -2.30. The first-order chi connectivity index (χ1) is 15.9. The lowest BCUT2D eigenvalue weighted by Crippen LogP contribution is -2.53. The second-order valence-corrected chi connectivity index (χ2v) is 8.93. The van der Waals surface area contributed by atoms with Gasteiger partial charge in [-0.15, -0.1) is 0 Å². The lowest BCUT2D eigenvalue weighted by atomic mass is 9.79. The predicted octanol–water partition coefficient (Wildman–Crippen LogP) is 6.74. The fourth-order valence-electron chi connectivity index (χ4n) is 3.59. The molecule has 2 amide bonds. The molecule has 180 valence electrons. The number of aromatic nitrogens is 1. The monoisotopic (exact) mass is 513 g/mol. The quantitative estimate of drug-likeness (QED) is 0.358. The lowest BCUT2D eigenvalue weighted by molar-refractivity contribution is -0.137. The third-order valence-corrected chi connectivity index (χ3v) is 5.45. The Hall–Kier alpha value is -2.84. The van der Waals surface area contributed by atoms with Crippen molar-refractivity contribution in [3.05, 3.63) is 99.0 Å². The number of nitrogens with zero attached hydrogens (tertiary/aromatic N) is 1. The van der Waals surface area contributed by atoms with Crippen molar-refractivity contribution in [1.29, 1.82) is 0 Å². The highest BCUT2D eigenvalue weighted by Gasteiger charge is 2.41. The van der Waals surface area contributed by atoms with E-state index in [-0.39, 0.29) is 28.7 Å². The summed E-state index contributed by atoms with van der Waals surface area (Å²) in [5.74, 6) is -1.11. The number of alkyl halides is 3. The minimum Gasteiger partial charge on any atom is -0.336 e. The molecule has 0 saturated carbocycles. The van der Waals surface area contributed by atoms with Crippen molar-refractivity contribution in [2.45, 2.75) is 38.0 Å². The van der Waals surface area contributed by atoms with E-state index in [0.717, 1.165) is 12.1 Å². The number of amides is 2. The Kier molecular flexibility index (Phi) is 7.73. The maximum Gasteiger partial charge on any atom is 0.416 e. The van der Waals surface area contributed by atoms with Crippen LogP contribution in [-0.2, 0) is 18.1 Å². The van der Waals surface area contributed by atoms with Crippen molar-refractivity contribution < 1.29 is 22.4 Å². The van der Waals surface area contributed by atoms with Crippen LogP contribution in [0.2, 0.25) is 10.0 Å². The SMILES string of the molecule is CC(C)NC(=O)N[C@@](Cc1cccc(Cl)c1)(c1cc(F)cc(C(F)(F)F)c1)c1ccc(Cl)cn1. The second-order valence-electron chi connectivity index (χ2n) is 8.05. The molecule has 0 aliphatic rings. The number of benzene rings is 2. The molecule has 4 nitrogen and oxygen atoms in total. The first kappa shape index (κ1) is 25.8. The van der Waals surface area contributed by atoms with Crippen LogP contribution in [0.4, 0.5) is 22.4 Å². The summed E-state index contributed by atoms with van der Waals surface area (Å²) < 4.78 is 55.3. The molecule has 0 spiro atoms. The number of hydrogen-bond acceptors (Lipinski definition) is 2. The Morgan fingerprint density at radius 1 is 1.00 bits per heavy atom. The van der Waals surface area contributed by atoms with Gasteiger partial charge >= 0.3 is 12.2 Å². The van der Waals surface area contributed by atoms with Crippen LogP contribution in [0, 0.1) is 5.82 Å². The van der Waals surface area contributed by atoms with Crippen LogP contribution >= 0.6 is 23.2 Å². The number of nitrogens with one attached hydrogen (secondary N) is 2. The van der Waals surface area contributed by atoms with E-state index >= 15 is 0 Å². The van der Waals surface area contributed by atoms with Crippen LogP contribution in [-0.4, -0.2) is 17.1 Å². The fraction of sp³-hybridized carbons (Fsp3) is 0.250. The zero-order valence-electron chi connectivity index (χ0n) is 18.2. The highest BCUT2D eigenvalue weighted by molar-refractivity contribution is 6.30. The number of hydrogen-bond donors (Lipinski definition) is 2. The van der Waals surface area contributed by atoms with E-state index < -0.39 is 29.1 Å². The standard InChI is InChI=1S/C24H21Cl2F4N3O/c1-14(2)32-22(34)33-23(21-7-6-19(26)13-31-21,12-15-4-3-5-18(25)8-15)16-9-17(24(28,29)30)11-20(27)10-16/h3-11,13-14H,12H2,1-2H3,(H2,32,33,34)/t23-/m0/s1. The van der Waals surface area contributed by atoms with Crippen LogP contribution in [0.1, 0.15) is 36.2 Å². The molecule has 3 aromatic rings. The summed E-state index contributed by atoms with van der Waals surface area (Å²) in [6.45, 7) is 3.45. The van der Waals surface area contributed by atoms with Crippen LogP contribution in [0.3, 0.4) is 0 Å². The maximum absolute atomic E-state index is 14.5. The number of rotatable bonds is 6. The van der Waals surface area contributed by atoms with Crippen LogP contribution in [0.15, 0.2) is 60.8 Å². The van der Waals surface area contributed by atoms with Gasteiger partial charge in [0.2, 0.25) is 0 Å². The van der Waals surface area contributed by atoms with Gasteiger partial charge in [0.1, 0.15) is 11.4 Å². The summed E-state index contributed by atoms with van der Waals surface area (Å²) in [4.78, 5) is 17.2. The molecule has 0 aliphatic carbocycles. The van der Waals surface area contributed by atoms with Gasteiger partial charge in [0.25, 0.3) is 0 Å². The largest absolute Gasteiger partial charge is 0.416 e. The highest BCUT2D eigenvalue weighted by atomic mass is 35.5. The topological polar surface area (TPSA) is 54.0 Å². The molecule has 2 N–H and O–H groups in total. The van der Waals surface area contributed by atoms with Gasteiger partial charge in [0.15, 0.2) is 0 Å². The van der Waals surface area contributed by atoms with Crippen LogP contribution in [0.25, 0.3) is 0 Å². The molecule has 1 atom stereocenters. The van der Waals surface area contributed by atoms with E-state index in [1.165, 1.54) is 18.3 Å². The third kappa shape index (κ3) is 6.18. The molecular weight excluding hydrogens is 493 g/mol. The first-order valence-electron chi connectivity index (χ1n) is 10.2. The highest BCUT2D eigenvalue weighted by Crippen LogP contribution is 2.38. The average Bonchev–Trinajstić information content (AvgIpc) is 2.72. The molecule has 0 fully saturated rings. The smallest absolute Gasteiger partial charge is 0.336 e. The van der Waals surface area contributed by atoms with Crippen molar-refractivity contribution in [2.75, 3.05) is 0 Å². The van der Waals surface area contributed by atoms with E-state index in [2.05, 4.69) is 15.6 Å². The molecule has 0 unspecified atom stereocenters. The summed E-state index contributed by atoms with van der Waals surface area (Å²) in [7, 11) is 0. The molecule has 0 radical (unpaired) electrons. The molecule has 0 saturated heterocycles. The summed E-state index contributed by atoms with van der Waals surface area (Å²) in [5, 5.41) is 6.08. The van der Waals surface area contributed by atoms with Crippen molar-refractivity contribution in [3.63, 3.8) is 0 Å². The molecule has 0 bridgehead atoms. The average molecular weight is 514 g/mol. The van der Waals surface area contributed by atoms with E-state index in [9.17, 15) is 22.4 Å². The van der Waals surface area contributed by atoms with Gasteiger partial charge in [-0.2, -0.15) is 13.2 Å². The Morgan fingerprint density at radius 3 is 2.29 bits per heavy atom. The van der Waals surface area contributed by atoms with Gasteiger partial charge in [-0.05, 0) is 67.4 Å². The zero-order valence-corrected chi connectivity index (χ0v) is 19.7. The maximum atomic E-state index is 14.5. The Bertz CT molecular complexity index is 1170. The van der Waals surface area contributed by atoms with Crippen molar-refractivity contribution in [3.8, 4) is 0 Å². The van der Waals surface area contributed by atoms with Gasteiger partial charge in [-0.25, -0.2) is 9.18 Å². The number of pyridine rings is 1. The Balaban J connectivity index is 2.31. The van der Waals surface area contributed by atoms with Gasteiger partial charge in [0, 0.05) is 23.7 Å². The minimum absolute atomic E-state index is 0.0749. The predicted molar refractivity (Wildman–Crippen MR) is 123 cm³/mol.